The number of aromatic nitrogens is 3. The molecule has 3 aromatic rings. The molecular weight excluding hydrogens is 548 g/mol. The first kappa shape index (κ1) is 28.9. The van der Waals surface area contributed by atoms with Gasteiger partial charge in [-0.2, -0.15) is 5.10 Å². The average molecular weight is 580 g/mol. The Bertz CT molecular complexity index is 1280. The lowest BCUT2D eigenvalue weighted by Gasteiger charge is -2.21. The molecule has 0 unspecified atom stereocenters. The number of pyridine rings is 1. The van der Waals surface area contributed by atoms with Crippen molar-refractivity contribution in [2.45, 2.75) is 50.5 Å². The summed E-state index contributed by atoms with van der Waals surface area (Å²) in [5.41, 5.74) is -1.76. The second-order valence-electron chi connectivity index (χ2n) is 10.6. The third-order valence-electron chi connectivity index (χ3n) is 6.14. The number of carbonyl (C=O) groups is 1. The molecule has 1 amide bonds. The maximum Gasteiger partial charge on any atom is 0.487 e. The summed E-state index contributed by atoms with van der Waals surface area (Å²) in [6, 6.07) is 9.99. The summed E-state index contributed by atoms with van der Waals surface area (Å²) < 4.78 is 37.7. The Balaban J connectivity index is 1.56. The fourth-order valence-electron chi connectivity index (χ4n) is 4.09. The van der Waals surface area contributed by atoms with Crippen LogP contribution in [0.3, 0.4) is 0 Å². The lowest BCUT2D eigenvalue weighted by atomic mass is 10.1. The number of β-amino-alcohol motifs (C(OH)–C–C–N with tert-alkyl or cyclic N) is 1. The number of halogens is 3. The Kier molecular flexibility index (Phi) is 8.89. The molecule has 0 bridgehead atoms. The third-order valence-corrected chi connectivity index (χ3v) is 7.92. The minimum atomic E-state index is -3.83. The molecule has 1 aliphatic heterocycles. The molecule has 0 saturated carbocycles. The maximum atomic E-state index is 13.1. The fraction of sp³-hybridized carbons (Fsp3) is 0.423. The molecular formula is C26H32ClF2N5O4Si. The first-order valence-corrected chi connectivity index (χ1v) is 16.7. The minimum Gasteiger partial charge on any atom is -0.420 e. The van der Waals surface area contributed by atoms with Crippen LogP contribution in [0.4, 0.5) is 20.3 Å². The molecule has 1 aromatic carbocycles. The van der Waals surface area contributed by atoms with Crippen LogP contribution in [0.25, 0.3) is 11.3 Å². The summed E-state index contributed by atoms with van der Waals surface area (Å²) in [4.78, 5) is 19.7. The van der Waals surface area contributed by atoms with Crippen molar-refractivity contribution in [2.24, 2.45) is 0 Å². The number of hydrogen-bond acceptors (Lipinski definition) is 7. The van der Waals surface area contributed by atoms with Crippen LogP contribution in [0.5, 0.6) is 5.75 Å². The molecule has 13 heteroatoms. The second-order valence-corrected chi connectivity index (χ2v) is 16.6. The van der Waals surface area contributed by atoms with Crippen LogP contribution in [0, 0.1) is 0 Å². The van der Waals surface area contributed by atoms with E-state index >= 15 is 0 Å². The van der Waals surface area contributed by atoms with E-state index in [0.717, 1.165) is 11.7 Å². The fourth-order valence-corrected chi connectivity index (χ4v) is 4.94. The minimum absolute atomic E-state index is 0.144. The van der Waals surface area contributed by atoms with Gasteiger partial charge in [0.1, 0.15) is 18.3 Å². The van der Waals surface area contributed by atoms with Gasteiger partial charge in [-0.05, 0) is 48.9 Å². The Hall–Kier alpha value is -3.06. The summed E-state index contributed by atoms with van der Waals surface area (Å²) in [6.07, 6.45) is 3.30. The van der Waals surface area contributed by atoms with E-state index in [4.69, 9.17) is 16.3 Å². The number of nitrogens with zero attached hydrogens (tertiary/aromatic N) is 4. The van der Waals surface area contributed by atoms with Crippen molar-refractivity contribution in [1.82, 2.24) is 14.8 Å². The first-order chi connectivity index (χ1) is 18.4. The third kappa shape index (κ3) is 8.21. The molecule has 39 heavy (non-hydrogen) atoms. The standard InChI is InChI=1S/C26H32ClF2N5O4Si/c1-39(2,3)13-12-37-17-34-23(8-10-31-34)22-14-18(15-30-24(22)33-11-9-20(35)16-33)25(36)32-19-4-6-21(7-5-19)38-26(27,28)29/h4-8,10,14-15,20,35H,9,11-13,16-17H2,1-3H3,(H,32,36)/t20-/m1/s1. The lowest BCUT2D eigenvalue weighted by Crippen LogP contribution is -2.24. The highest BCUT2D eigenvalue weighted by Gasteiger charge is 2.28. The highest BCUT2D eigenvalue weighted by Crippen LogP contribution is 2.32. The number of ether oxygens (including phenoxy) is 2. The number of rotatable bonds is 11. The predicted molar refractivity (Wildman–Crippen MR) is 148 cm³/mol. The monoisotopic (exact) mass is 579 g/mol. The largest absolute Gasteiger partial charge is 0.487 e. The molecule has 2 N–H and O–H groups in total. The second kappa shape index (κ2) is 12.0. The van der Waals surface area contributed by atoms with Crippen LogP contribution in [0.2, 0.25) is 25.7 Å². The normalized spacial score (nSPS) is 16.0. The van der Waals surface area contributed by atoms with Crippen LogP contribution in [0.15, 0.2) is 48.8 Å². The number of benzene rings is 1. The topological polar surface area (TPSA) is 102 Å². The van der Waals surface area contributed by atoms with E-state index in [-0.39, 0.29) is 18.0 Å². The number of amides is 1. The van der Waals surface area contributed by atoms with Gasteiger partial charge in [0.2, 0.25) is 0 Å². The number of aliphatic hydroxyl groups excluding tert-OH is 1. The summed E-state index contributed by atoms with van der Waals surface area (Å²) in [5.74, 6) is 0.0513. The first-order valence-electron chi connectivity index (χ1n) is 12.6. The maximum absolute atomic E-state index is 13.1. The van der Waals surface area contributed by atoms with Crippen LogP contribution >= 0.6 is 11.6 Å². The van der Waals surface area contributed by atoms with Crippen LogP contribution < -0.4 is 15.0 Å². The smallest absolute Gasteiger partial charge is 0.420 e. The van der Waals surface area contributed by atoms with E-state index in [0.29, 0.717) is 43.2 Å². The van der Waals surface area contributed by atoms with Gasteiger partial charge in [-0.15, -0.1) is 8.78 Å². The van der Waals surface area contributed by atoms with Gasteiger partial charge in [-0.1, -0.05) is 19.6 Å². The summed E-state index contributed by atoms with van der Waals surface area (Å²) in [7, 11) is -1.24. The molecule has 2 aromatic heterocycles. The van der Waals surface area contributed by atoms with Crippen molar-refractivity contribution in [1.29, 1.82) is 0 Å². The number of aliphatic hydroxyl groups is 1. The van der Waals surface area contributed by atoms with E-state index in [2.05, 4.69) is 39.8 Å². The van der Waals surface area contributed by atoms with Crippen molar-refractivity contribution >= 4 is 37.1 Å². The lowest BCUT2D eigenvalue weighted by molar-refractivity contribution is -0.0964. The van der Waals surface area contributed by atoms with E-state index in [1.165, 1.54) is 30.5 Å². The Morgan fingerprint density at radius 1 is 1.26 bits per heavy atom. The number of nitrogens with one attached hydrogen (secondary N) is 1. The highest BCUT2D eigenvalue weighted by molar-refractivity contribution is 6.76. The van der Waals surface area contributed by atoms with E-state index in [1.807, 2.05) is 11.0 Å². The molecule has 0 radical (unpaired) electrons. The number of hydrogen-bond donors (Lipinski definition) is 2. The van der Waals surface area contributed by atoms with Crippen molar-refractivity contribution < 1.29 is 28.2 Å². The number of alkyl halides is 3. The summed E-state index contributed by atoms with van der Waals surface area (Å²) in [5, 5.41) is 17.3. The van der Waals surface area contributed by atoms with Crippen molar-refractivity contribution in [3.05, 3.63) is 54.4 Å². The summed E-state index contributed by atoms with van der Waals surface area (Å²) >= 11 is 4.80. The SMILES string of the molecule is C[Si](C)(C)CCOCn1nccc1-c1cc(C(=O)Nc2ccc(OC(F)(F)Cl)cc2)cnc1N1CC[C@@H](O)C1. The molecule has 1 fully saturated rings. The molecule has 1 saturated heterocycles. The average Bonchev–Trinajstić information content (AvgIpc) is 3.50. The van der Waals surface area contributed by atoms with Crippen LogP contribution in [-0.4, -0.2) is 65.2 Å². The van der Waals surface area contributed by atoms with Gasteiger partial charge in [0.05, 0.1) is 17.4 Å². The van der Waals surface area contributed by atoms with Gasteiger partial charge in [0, 0.05) is 63.0 Å². The zero-order valence-corrected chi connectivity index (χ0v) is 23.8. The molecule has 0 aliphatic carbocycles. The molecule has 1 aliphatic rings. The Morgan fingerprint density at radius 3 is 2.64 bits per heavy atom. The van der Waals surface area contributed by atoms with Gasteiger partial charge < -0.3 is 24.8 Å². The van der Waals surface area contributed by atoms with Gasteiger partial charge >= 0.3 is 5.57 Å². The molecule has 3 heterocycles. The van der Waals surface area contributed by atoms with Gasteiger partial charge in [0.25, 0.3) is 5.91 Å². The van der Waals surface area contributed by atoms with Crippen LogP contribution in [0.1, 0.15) is 16.8 Å². The zero-order valence-electron chi connectivity index (χ0n) is 22.0. The van der Waals surface area contributed by atoms with Gasteiger partial charge in [-0.3, -0.25) is 4.79 Å². The molecule has 1 atom stereocenters. The molecule has 9 nitrogen and oxygen atoms in total. The molecule has 210 valence electrons. The van der Waals surface area contributed by atoms with Gasteiger partial charge in [-0.25, -0.2) is 9.67 Å². The van der Waals surface area contributed by atoms with E-state index < -0.39 is 25.7 Å². The van der Waals surface area contributed by atoms with E-state index in [1.54, 1.807) is 16.9 Å². The predicted octanol–water partition coefficient (Wildman–Crippen LogP) is 5.25. The Morgan fingerprint density at radius 2 is 2.00 bits per heavy atom. The molecule has 4 rings (SSSR count). The zero-order chi connectivity index (χ0) is 28.2. The highest BCUT2D eigenvalue weighted by atomic mass is 35.5. The van der Waals surface area contributed by atoms with Gasteiger partial charge in [0.15, 0.2) is 0 Å². The summed E-state index contributed by atoms with van der Waals surface area (Å²) in [6.45, 7) is 8.80. The Labute approximate surface area is 231 Å². The van der Waals surface area contributed by atoms with Crippen molar-refractivity contribution in [3.8, 4) is 17.0 Å². The van der Waals surface area contributed by atoms with Crippen LogP contribution in [-0.2, 0) is 11.5 Å². The van der Waals surface area contributed by atoms with Crippen molar-refractivity contribution in [3.63, 3.8) is 0 Å². The number of anilines is 2. The van der Waals surface area contributed by atoms with E-state index in [9.17, 15) is 18.7 Å². The van der Waals surface area contributed by atoms with Crippen molar-refractivity contribution in [2.75, 3.05) is 29.9 Å². The quantitative estimate of drug-likeness (QED) is 0.182. The molecule has 0 spiro atoms. The number of carbonyl (C=O) groups excluding carboxylic acids is 1.